The fraction of sp³-hybridized carbons (Fsp3) is 0.556. The molecule has 0 spiro atoms. The second-order valence-electron chi connectivity index (χ2n) is 6.61. The molecule has 1 aliphatic heterocycles. The summed E-state index contributed by atoms with van der Waals surface area (Å²) in [5, 5.41) is 9.63. The summed E-state index contributed by atoms with van der Waals surface area (Å²) in [5.74, 6) is -0.0779. The predicted octanol–water partition coefficient (Wildman–Crippen LogP) is 2.80. The van der Waals surface area contributed by atoms with Crippen LogP contribution in [-0.4, -0.2) is 41.6 Å². The maximum absolute atomic E-state index is 12.7. The van der Waals surface area contributed by atoms with Gasteiger partial charge in [0.1, 0.15) is 5.75 Å². The van der Waals surface area contributed by atoms with Crippen LogP contribution >= 0.6 is 0 Å². The summed E-state index contributed by atoms with van der Waals surface area (Å²) in [6.07, 6.45) is 3.43. The third-order valence-electron chi connectivity index (χ3n) is 5.14. The Kier molecular flexibility index (Phi) is 4.28. The molecule has 2 atom stereocenters. The van der Waals surface area contributed by atoms with Crippen molar-refractivity contribution in [2.45, 2.75) is 32.6 Å². The lowest BCUT2D eigenvalue weighted by molar-refractivity contribution is -0.149. The zero-order valence-corrected chi connectivity index (χ0v) is 13.5. The van der Waals surface area contributed by atoms with Crippen molar-refractivity contribution in [3.63, 3.8) is 0 Å². The van der Waals surface area contributed by atoms with E-state index < -0.39 is 11.4 Å². The molecule has 0 unspecified atom stereocenters. The quantitative estimate of drug-likeness (QED) is 0.907. The van der Waals surface area contributed by atoms with Gasteiger partial charge in [0.2, 0.25) is 0 Å². The van der Waals surface area contributed by atoms with Crippen molar-refractivity contribution in [3.05, 3.63) is 29.8 Å². The third-order valence-corrected chi connectivity index (χ3v) is 5.14. The van der Waals surface area contributed by atoms with E-state index in [2.05, 4.69) is 0 Å². The number of ether oxygens (including phenoxy) is 1. The molecule has 1 heterocycles. The van der Waals surface area contributed by atoms with Crippen LogP contribution < -0.4 is 4.74 Å². The summed E-state index contributed by atoms with van der Waals surface area (Å²) in [7, 11) is 0. The smallest absolute Gasteiger partial charge is 0.311 e. The lowest BCUT2D eigenvalue weighted by Gasteiger charge is -2.23. The molecule has 1 amide bonds. The number of carboxylic acid groups (broad SMARTS) is 1. The Bertz CT molecular complexity index is 615. The Morgan fingerprint density at radius 3 is 2.96 bits per heavy atom. The SMILES string of the molecule is CCCOc1cccc(C(=O)N2C[C@@H]3CCC[C@@]3(C(=O)O)C2)c1. The van der Waals surface area contributed by atoms with E-state index in [4.69, 9.17) is 4.74 Å². The van der Waals surface area contributed by atoms with Gasteiger partial charge in [-0.15, -0.1) is 0 Å². The van der Waals surface area contributed by atoms with Crippen LogP contribution in [0.15, 0.2) is 24.3 Å². The number of carbonyl (C=O) groups excluding carboxylic acids is 1. The average molecular weight is 317 g/mol. The molecule has 3 rings (SSSR count). The van der Waals surface area contributed by atoms with Crippen molar-refractivity contribution in [1.29, 1.82) is 0 Å². The molecular weight excluding hydrogens is 294 g/mol. The molecule has 0 aromatic heterocycles. The number of aliphatic carboxylic acids is 1. The first-order valence-corrected chi connectivity index (χ1v) is 8.32. The number of carbonyl (C=O) groups is 2. The molecule has 1 saturated heterocycles. The van der Waals surface area contributed by atoms with Gasteiger partial charge in [0.25, 0.3) is 5.91 Å². The third kappa shape index (κ3) is 2.80. The maximum Gasteiger partial charge on any atom is 0.311 e. The molecule has 1 aliphatic carbocycles. The Balaban J connectivity index is 1.76. The standard InChI is InChI=1S/C18H23NO4/c1-2-9-23-15-7-3-5-13(10-15)16(20)19-11-14-6-4-8-18(14,12-19)17(21)22/h3,5,7,10,14H,2,4,6,8-9,11-12H2,1H3,(H,21,22)/t14-,18+/m0/s1. The number of hydrogen-bond donors (Lipinski definition) is 1. The van der Waals surface area contributed by atoms with E-state index in [0.29, 0.717) is 37.4 Å². The number of hydrogen-bond acceptors (Lipinski definition) is 3. The minimum atomic E-state index is -0.754. The van der Waals surface area contributed by atoms with Gasteiger partial charge in [-0.3, -0.25) is 9.59 Å². The monoisotopic (exact) mass is 317 g/mol. The van der Waals surface area contributed by atoms with E-state index in [0.717, 1.165) is 19.3 Å². The Morgan fingerprint density at radius 1 is 1.43 bits per heavy atom. The van der Waals surface area contributed by atoms with E-state index in [-0.39, 0.29) is 11.8 Å². The van der Waals surface area contributed by atoms with Crippen LogP contribution in [0.1, 0.15) is 43.0 Å². The predicted molar refractivity (Wildman–Crippen MR) is 85.5 cm³/mol. The van der Waals surface area contributed by atoms with E-state index in [1.54, 1.807) is 17.0 Å². The number of likely N-dealkylation sites (tertiary alicyclic amines) is 1. The minimum absolute atomic E-state index is 0.0866. The van der Waals surface area contributed by atoms with Crippen LogP contribution in [0.2, 0.25) is 0 Å². The van der Waals surface area contributed by atoms with Crippen molar-refractivity contribution < 1.29 is 19.4 Å². The van der Waals surface area contributed by atoms with Gasteiger partial charge in [-0.05, 0) is 43.4 Å². The van der Waals surface area contributed by atoms with E-state index >= 15 is 0 Å². The van der Waals surface area contributed by atoms with E-state index in [1.165, 1.54) is 0 Å². The van der Waals surface area contributed by atoms with Crippen molar-refractivity contribution >= 4 is 11.9 Å². The molecule has 23 heavy (non-hydrogen) atoms. The van der Waals surface area contributed by atoms with E-state index in [1.807, 2.05) is 19.1 Å². The summed E-state index contributed by atoms with van der Waals surface area (Å²) >= 11 is 0. The number of fused-ring (bicyclic) bond motifs is 1. The minimum Gasteiger partial charge on any atom is -0.494 e. The van der Waals surface area contributed by atoms with Crippen molar-refractivity contribution in [2.24, 2.45) is 11.3 Å². The van der Waals surface area contributed by atoms with Gasteiger partial charge in [-0.25, -0.2) is 0 Å². The van der Waals surface area contributed by atoms with Gasteiger partial charge in [0.15, 0.2) is 0 Å². The lowest BCUT2D eigenvalue weighted by atomic mass is 9.81. The fourth-order valence-electron chi connectivity index (χ4n) is 3.91. The molecular formula is C18H23NO4. The summed E-state index contributed by atoms with van der Waals surface area (Å²) in [4.78, 5) is 26.2. The molecule has 1 saturated carbocycles. The molecule has 1 aromatic carbocycles. The molecule has 5 nitrogen and oxygen atoms in total. The van der Waals surface area contributed by atoms with Gasteiger partial charge in [0, 0.05) is 18.7 Å². The Labute approximate surface area is 136 Å². The summed E-state index contributed by atoms with van der Waals surface area (Å²) in [6.45, 7) is 3.52. The van der Waals surface area contributed by atoms with E-state index in [9.17, 15) is 14.7 Å². The molecule has 1 N–H and O–H groups in total. The van der Waals surface area contributed by atoms with Crippen molar-refractivity contribution in [3.8, 4) is 5.75 Å². The Morgan fingerprint density at radius 2 is 2.26 bits per heavy atom. The second-order valence-corrected chi connectivity index (χ2v) is 6.61. The highest BCUT2D eigenvalue weighted by molar-refractivity contribution is 5.95. The van der Waals surface area contributed by atoms with Gasteiger partial charge in [-0.2, -0.15) is 0 Å². The maximum atomic E-state index is 12.7. The van der Waals surface area contributed by atoms with Crippen molar-refractivity contribution in [1.82, 2.24) is 4.90 Å². The summed E-state index contributed by atoms with van der Waals surface area (Å²) in [6, 6.07) is 7.16. The fourth-order valence-corrected chi connectivity index (χ4v) is 3.91. The first-order valence-electron chi connectivity index (χ1n) is 8.32. The first-order chi connectivity index (χ1) is 11.1. The highest BCUT2D eigenvalue weighted by Crippen LogP contribution is 2.49. The molecule has 1 aromatic rings. The topological polar surface area (TPSA) is 66.8 Å². The van der Waals surface area contributed by atoms with Gasteiger partial charge in [0.05, 0.1) is 12.0 Å². The second kappa shape index (κ2) is 6.22. The molecule has 5 heteroatoms. The van der Waals surface area contributed by atoms with Crippen LogP contribution in [-0.2, 0) is 4.79 Å². The summed E-state index contributed by atoms with van der Waals surface area (Å²) < 4.78 is 5.58. The lowest BCUT2D eigenvalue weighted by Crippen LogP contribution is -2.37. The van der Waals surface area contributed by atoms with Gasteiger partial charge < -0.3 is 14.7 Å². The number of carboxylic acids is 1. The zero-order valence-electron chi connectivity index (χ0n) is 13.5. The highest BCUT2D eigenvalue weighted by atomic mass is 16.5. The molecule has 124 valence electrons. The Hall–Kier alpha value is -2.04. The number of rotatable bonds is 5. The highest BCUT2D eigenvalue weighted by Gasteiger charge is 2.55. The number of benzene rings is 1. The van der Waals surface area contributed by atoms with Gasteiger partial charge >= 0.3 is 5.97 Å². The first kappa shape index (κ1) is 15.8. The molecule has 0 radical (unpaired) electrons. The van der Waals surface area contributed by atoms with Crippen LogP contribution in [0.4, 0.5) is 0 Å². The molecule has 2 fully saturated rings. The zero-order chi connectivity index (χ0) is 16.4. The van der Waals surface area contributed by atoms with Crippen LogP contribution in [0.5, 0.6) is 5.75 Å². The van der Waals surface area contributed by atoms with Gasteiger partial charge in [-0.1, -0.05) is 19.4 Å². The van der Waals surface area contributed by atoms with Crippen molar-refractivity contribution in [2.75, 3.05) is 19.7 Å². The van der Waals surface area contributed by atoms with Crippen LogP contribution in [0.25, 0.3) is 0 Å². The molecule has 2 aliphatic rings. The van der Waals surface area contributed by atoms with Crippen LogP contribution in [0.3, 0.4) is 0 Å². The average Bonchev–Trinajstić information content (AvgIpc) is 3.10. The molecule has 0 bridgehead atoms. The number of nitrogens with zero attached hydrogens (tertiary/aromatic N) is 1. The van der Waals surface area contributed by atoms with Crippen LogP contribution in [0, 0.1) is 11.3 Å². The number of amides is 1. The largest absolute Gasteiger partial charge is 0.494 e. The summed E-state index contributed by atoms with van der Waals surface area (Å²) in [5.41, 5.74) is -0.162. The normalized spacial score (nSPS) is 26.1.